The third-order valence-electron chi connectivity index (χ3n) is 3.60. The molecular formula is C14H17N2. The number of hydrogen-bond acceptors (Lipinski definition) is 2. The van der Waals surface area contributed by atoms with Gasteiger partial charge in [0.25, 0.3) is 0 Å². The van der Waals surface area contributed by atoms with E-state index in [-0.39, 0.29) is 0 Å². The number of likely N-dealkylation sites (tertiary alicyclic amines) is 1. The first kappa shape index (κ1) is 10.1. The van der Waals surface area contributed by atoms with Crippen molar-refractivity contribution in [1.29, 1.82) is 0 Å². The molecule has 0 amide bonds. The van der Waals surface area contributed by atoms with Crippen LogP contribution in [0.1, 0.15) is 18.0 Å². The van der Waals surface area contributed by atoms with E-state index in [1.165, 1.54) is 12.0 Å². The molecule has 0 aliphatic carbocycles. The molecule has 2 heterocycles. The van der Waals surface area contributed by atoms with Crippen LogP contribution in [0.25, 0.3) is 0 Å². The molecule has 1 aromatic carbocycles. The van der Waals surface area contributed by atoms with E-state index in [0.29, 0.717) is 12.1 Å². The third kappa shape index (κ3) is 1.58. The van der Waals surface area contributed by atoms with Crippen molar-refractivity contribution in [2.45, 2.75) is 18.5 Å². The minimum atomic E-state index is 0.350. The van der Waals surface area contributed by atoms with Crippen LogP contribution in [0.5, 0.6) is 0 Å². The summed E-state index contributed by atoms with van der Waals surface area (Å²) in [7, 11) is 0. The van der Waals surface area contributed by atoms with Crippen LogP contribution in [-0.4, -0.2) is 24.0 Å². The van der Waals surface area contributed by atoms with Crippen LogP contribution in [0.3, 0.4) is 0 Å². The molecule has 2 fully saturated rings. The number of rotatable bonds is 3. The molecule has 1 aromatic rings. The van der Waals surface area contributed by atoms with Gasteiger partial charge in [0.2, 0.25) is 0 Å². The first-order chi connectivity index (χ1) is 7.88. The van der Waals surface area contributed by atoms with Gasteiger partial charge in [-0.3, -0.25) is 4.90 Å². The molecule has 3 rings (SSSR count). The molecule has 2 atom stereocenters. The van der Waals surface area contributed by atoms with Gasteiger partial charge in [-0.05, 0) is 12.0 Å². The molecule has 2 aliphatic rings. The van der Waals surface area contributed by atoms with Crippen molar-refractivity contribution >= 4 is 0 Å². The van der Waals surface area contributed by atoms with Crippen LogP contribution >= 0.6 is 0 Å². The Bertz CT molecular complexity index is 374. The summed E-state index contributed by atoms with van der Waals surface area (Å²) in [4.78, 5) is 2.50. The molecule has 2 nitrogen and oxygen atoms in total. The van der Waals surface area contributed by atoms with Crippen molar-refractivity contribution in [3.8, 4) is 0 Å². The smallest absolute Gasteiger partial charge is 0.0555 e. The standard InChI is InChI=1S/C14H17N2/c1-2-14(11-6-4-3-5-7-11)16-10-12-8-13(16)9-15-12/h2-7,12,14-15H,1,8-10H2. The molecule has 2 heteroatoms. The van der Waals surface area contributed by atoms with Crippen LogP contribution in [0.15, 0.2) is 43.0 Å². The summed E-state index contributed by atoms with van der Waals surface area (Å²) in [5.41, 5.74) is 1.34. The maximum absolute atomic E-state index is 3.99. The van der Waals surface area contributed by atoms with Crippen molar-refractivity contribution in [2.24, 2.45) is 0 Å². The van der Waals surface area contributed by atoms with E-state index in [0.717, 1.165) is 13.1 Å². The van der Waals surface area contributed by atoms with Gasteiger partial charge < -0.3 is 5.32 Å². The zero-order valence-corrected chi connectivity index (χ0v) is 9.39. The summed E-state index contributed by atoms with van der Waals surface area (Å²) in [6.45, 7) is 6.17. The number of hydrogen-bond donors (Lipinski definition) is 1. The quantitative estimate of drug-likeness (QED) is 0.774. The van der Waals surface area contributed by atoms with E-state index in [2.05, 4.69) is 53.2 Å². The summed E-state index contributed by atoms with van der Waals surface area (Å²) in [6, 6.07) is 13.2. The van der Waals surface area contributed by atoms with Crippen molar-refractivity contribution < 1.29 is 0 Å². The molecule has 1 radical (unpaired) electrons. The first-order valence-electron chi connectivity index (χ1n) is 5.90. The molecule has 0 spiro atoms. The predicted molar refractivity (Wildman–Crippen MR) is 65.7 cm³/mol. The second-order valence-electron chi connectivity index (χ2n) is 4.59. The van der Waals surface area contributed by atoms with Crippen molar-refractivity contribution in [2.75, 3.05) is 13.1 Å². The largest absolute Gasteiger partial charge is 0.311 e. The van der Waals surface area contributed by atoms with Crippen LogP contribution < -0.4 is 5.32 Å². The zero-order valence-electron chi connectivity index (χ0n) is 9.39. The Morgan fingerprint density at radius 1 is 1.38 bits per heavy atom. The molecule has 1 N–H and O–H groups in total. The Hall–Kier alpha value is -1.12. The van der Waals surface area contributed by atoms with Gasteiger partial charge >= 0.3 is 0 Å². The Morgan fingerprint density at radius 3 is 2.75 bits per heavy atom. The minimum Gasteiger partial charge on any atom is -0.311 e. The van der Waals surface area contributed by atoms with Gasteiger partial charge in [-0.25, -0.2) is 0 Å². The second kappa shape index (κ2) is 4.04. The number of benzene rings is 1. The lowest BCUT2D eigenvalue weighted by atomic mass is 10.0. The third-order valence-corrected chi connectivity index (χ3v) is 3.60. The Balaban J connectivity index is 1.84. The lowest BCUT2D eigenvalue weighted by Crippen LogP contribution is -2.41. The number of piperazine rings is 1. The average molecular weight is 213 g/mol. The molecule has 2 bridgehead atoms. The number of nitrogens with zero attached hydrogens (tertiary/aromatic N) is 1. The predicted octanol–water partition coefficient (Wildman–Crippen LogP) is 2.12. The SMILES string of the molecule is C=CC(c1ccccc1)N1CC2C[C]1CN2. The first-order valence-corrected chi connectivity index (χ1v) is 5.90. The zero-order chi connectivity index (χ0) is 11.0. The molecule has 16 heavy (non-hydrogen) atoms. The molecular weight excluding hydrogens is 196 g/mol. The Kier molecular flexibility index (Phi) is 2.54. The minimum absolute atomic E-state index is 0.350. The summed E-state index contributed by atoms with van der Waals surface area (Å²) in [5.74, 6) is 0. The normalized spacial score (nSPS) is 27.1. The molecule has 83 valence electrons. The van der Waals surface area contributed by atoms with Crippen LogP contribution in [0.4, 0.5) is 0 Å². The van der Waals surface area contributed by atoms with E-state index in [9.17, 15) is 0 Å². The maximum atomic E-state index is 3.99. The molecule has 2 saturated heterocycles. The highest BCUT2D eigenvalue weighted by atomic mass is 15.3. The van der Waals surface area contributed by atoms with Crippen molar-refractivity contribution in [3.63, 3.8) is 0 Å². The Morgan fingerprint density at radius 2 is 2.19 bits per heavy atom. The molecule has 2 aliphatic heterocycles. The highest BCUT2D eigenvalue weighted by Crippen LogP contribution is 2.37. The second-order valence-corrected chi connectivity index (χ2v) is 4.59. The van der Waals surface area contributed by atoms with Crippen LogP contribution in [0.2, 0.25) is 0 Å². The topological polar surface area (TPSA) is 15.3 Å². The van der Waals surface area contributed by atoms with Gasteiger partial charge in [0, 0.05) is 19.1 Å². The van der Waals surface area contributed by atoms with Gasteiger partial charge in [0.05, 0.1) is 12.1 Å². The van der Waals surface area contributed by atoms with Gasteiger partial charge in [0.15, 0.2) is 0 Å². The van der Waals surface area contributed by atoms with Crippen molar-refractivity contribution in [1.82, 2.24) is 10.2 Å². The van der Waals surface area contributed by atoms with E-state index >= 15 is 0 Å². The summed E-state index contributed by atoms with van der Waals surface area (Å²) in [6.07, 6.45) is 3.28. The van der Waals surface area contributed by atoms with E-state index in [1.54, 1.807) is 6.04 Å². The Labute approximate surface area is 97.0 Å². The van der Waals surface area contributed by atoms with Gasteiger partial charge in [-0.2, -0.15) is 0 Å². The van der Waals surface area contributed by atoms with E-state index < -0.39 is 0 Å². The van der Waals surface area contributed by atoms with Crippen LogP contribution in [-0.2, 0) is 0 Å². The van der Waals surface area contributed by atoms with Gasteiger partial charge in [-0.1, -0.05) is 36.4 Å². The van der Waals surface area contributed by atoms with Crippen LogP contribution in [0, 0.1) is 6.04 Å². The molecule has 2 unspecified atom stereocenters. The average Bonchev–Trinajstić information content (AvgIpc) is 2.94. The maximum Gasteiger partial charge on any atom is 0.0555 e. The molecule has 0 saturated carbocycles. The fourth-order valence-electron chi connectivity index (χ4n) is 2.81. The number of nitrogens with one attached hydrogen (secondary N) is 1. The summed E-state index contributed by atoms with van der Waals surface area (Å²) >= 11 is 0. The van der Waals surface area contributed by atoms with Gasteiger partial charge in [0.1, 0.15) is 0 Å². The summed E-state index contributed by atoms with van der Waals surface area (Å²) < 4.78 is 0. The van der Waals surface area contributed by atoms with E-state index in [4.69, 9.17) is 0 Å². The van der Waals surface area contributed by atoms with Crippen molar-refractivity contribution in [3.05, 3.63) is 54.6 Å². The monoisotopic (exact) mass is 213 g/mol. The van der Waals surface area contributed by atoms with E-state index in [1.807, 2.05) is 0 Å². The number of fused-ring (bicyclic) bond motifs is 2. The highest BCUT2D eigenvalue weighted by Gasteiger charge is 2.41. The summed E-state index contributed by atoms with van der Waals surface area (Å²) in [5, 5.41) is 3.50. The lowest BCUT2D eigenvalue weighted by Gasteiger charge is -2.33. The highest BCUT2D eigenvalue weighted by molar-refractivity contribution is 5.26. The van der Waals surface area contributed by atoms with Gasteiger partial charge in [-0.15, -0.1) is 6.58 Å². The molecule has 0 aromatic heterocycles. The fraction of sp³-hybridized carbons (Fsp3) is 0.357. The lowest BCUT2D eigenvalue weighted by molar-refractivity contribution is 0.249. The fourth-order valence-corrected chi connectivity index (χ4v) is 2.81.